The van der Waals surface area contributed by atoms with Crippen molar-refractivity contribution < 1.29 is 9.47 Å². The summed E-state index contributed by atoms with van der Waals surface area (Å²) in [6.07, 6.45) is 5.63. The first-order valence-electron chi connectivity index (χ1n) is 4.65. The van der Waals surface area contributed by atoms with Gasteiger partial charge in [-0.15, -0.1) is 12.3 Å². The third-order valence-corrected chi connectivity index (χ3v) is 2.17. The first kappa shape index (κ1) is 9.26. The Morgan fingerprint density at radius 3 is 2.86 bits per heavy atom. The number of rotatable bonds is 2. The molecule has 0 saturated carbocycles. The van der Waals surface area contributed by atoms with E-state index < -0.39 is 0 Å². The van der Waals surface area contributed by atoms with Gasteiger partial charge >= 0.3 is 0 Å². The molecular formula is C12H12O2. The highest BCUT2D eigenvalue weighted by atomic mass is 16.7. The molecule has 1 aliphatic heterocycles. The summed E-state index contributed by atoms with van der Waals surface area (Å²) in [7, 11) is 0. The minimum atomic E-state index is -0.241. The lowest BCUT2D eigenvalue weighted by Gasteiger charge is -2.09. The molecule has 1 aromatic rings. The number of ether oxygens (including phenoxy) is 2. The first-order valence-corrected chi connectivity index (χ1v) is 4.65. The molecule has 1 aliphatic rings. The van der Waals surface area contributed by atoms with Crippen LogP contribution in [0.4, 0.5) is 0 Å². The van der Waals surface area contributed by atoms with Crippen LogP contribution in [-0.2, 0) is 9.47 Å². The van der Waals surface area contributed by atoms with E-state index in [9.17, 15) is 0 Å². The quantitative estimate of drug-likeness (QED) is 0.662. The second kappa shape index (κ2) is 4.28. The smallest absolute Gasteiger partial charge is 0.184 e. The average Bonchev–Trinajstić information content (AvgIpc) is 2.68. The molecule has 0 radical (unpaired) electrons. The van der Waals surface area contributed by atoms with Gasteiger partial charge in [0.05, 0.1) is 12.7 Å². The van der Waals surface area contributed by atoms with Crippen LogP contribution in [0.15, 0.2) is 30.3 Å². The van der Waals surface area contributed by atoms with E-state index in [1.165, 1.54) is 0 Å². The Morgan fingerprint density at radius 1 is 1.36 bits per heavy atom. The zero-order chi connectivity index (χ0) is 9.80. The van der Waals surface area contributed by atoms with Crippen molar-refractivity contribution in [2.75, 3.05) is 6.61 Å². The Balaban J connectivity index is 2.00. The molecule has 0 N–H and O–H groups in total. The normalized spacial score (nSPS) is 25.9. The predicted octanol–water partition coefficient (Wildman–Crippen LogP) is 2.12. The Labute approximate surface area is 83.8 Å². The van der Waals surface area contributed by atoms with Gasteiger partial charge in [0.1, 0.15) is 0 Å². The van der Waals surface area contributed by atoms with Crippen LogP contribution in [-0.4, -0.2) is 12.7 Å². The highest BCUT2D eigenvalue weighted by Crippen LogP contribution is 2.27. The van der Waals surface area contributed by atoms with Crippen molar-refractivity contribution in [1.29, 1.82) is 0 Å². The predicted molar refractivity (Wildman–Crippen MR) is 53.5 cm³/mol. The maximum atomic E-state index is 5.62. The van der Waals surface area contributed by atoms with Crippen LogP contribution in [0, 0.1) is 12.3 Å². The lowest BCUT2D eigenvalue weighted by atomic mass is 10.2. The molecule has 2 atom stereocenters. The maximum Gasteiger partial charge on any atom is 0.184 e. The highest BCUT2D eigenvalue weighted by molar-refractivity contribution is 5.16. The molecule has 72 valence electrons. The molecule has 1 unspecified atom stereocenters. The molecule has 1 saturated heterocycles. The van der Waals surface area contributed by atoms with Crippen LogP contribution in [0.25, 0.3) is 0 Å². The molecular weight excluding hydrogens is 176 g/mol. The largest absolute Gasteiger partial charge is 0.346 e. The van der Waals surface area contributed by atoms with Crippen molar-refractivity contribution in [2.24, 2.45) is 0 Å². The fourth-order valence-electron chi connectivity index (χ4n) is 1.47. The van der Waals surface area contributed by atoms with Crippen molar-refractivity contribution in [2.45, 2.75) is 18.8 Å². The Hall–Kier alpha value is -1.30. The standard InChI is InChI=1S/C12H12O2/c1-2-6-11-9-13-12(14-11)10-7-4-3-5-8-10/h1,3-5,7-8,11-12H,6,9H2/t11-,12?/m1/s1. The molecule has 2 heteroatoms. The van der Waals surface area contributed by atoms with Crippen LogP contribution < -0.4 is 0 Å². The molecule has 0 aliphatic carbocycles. The summed E-state index contributed by atoms with van der Waals surface area (Å²) < 4.78 is 11.1. The lowest BCUT2D eigenvalue weighted by molar-refractivity contribution is -0.0591. The Kier molecular flexibility index (Phi) is 2.83. The second-order valence-corrected chi connectivity index (χ2v) is 3.24. The number of hydrogen-bond acceptors (Lipinski definition) is 2. The van der Waals surface area contributed by atoms with E-state index >= 15 is 0 Å². The van der Waals surface area contributed by atoms with E-state index in [-0.39, 0.29) is 12.4 Å². The number of benzene rings is 1. The minimum Gasteiger partial charge on any atom is -0.346 e. The lowest BCUT2D eigenvalue weighted by Crippen LogP contribution is -2.07. The van der Waals surface area contributed by atoms with Crippen LogP contribution in [0.3, 0.4) is 0 Å². The number of hydrogen-bond donors (Lipinski definition) is 0. The third-order valence-electron chi connectivity index (χ3n) is 2.17. The van der Waals surface area contributed by atoms with Gasteiger partial charge in [-0.2, -0.15) is 0 Å². The minimum absolute atomic E-state index is 0.0465. The average molecular weight is 188 g/mol. The van der Waals surface area contributed by atoms with E-state index in [4.69, 9.17) is 15.9 Å². The zero-order valence-corrected chi connectivity index (χ0v) is 7.85. The molecule has 0 aromatic heterocycles. The summed E-state index contributed by atoms with van der Waals surface area (Å²) >= 11 is 0. The van der Waals surface area contributed by atoms with Gasteiger partial charge in [-0.05, 0) is 0 Å². The van der Waals surface area contributed by atoms with Crippen molar-refractivity contribution >= 4 is 0 Å². The van der Waals surface area contributed by atoms with E-state index in [0.717, 1.165) is 5.56 Å². The van der Waals surface area contributed by atoms with Crippen LogP contribution >= 0.6 is 0 Å². The fraction of sp³-hybridized carbons (Fsp3) is 0.333. The maximum absolute atomic E-state index is 5.62. The molecule has 0 spiro atoms. The van der Waals surface area contributed by atoms with Crippen molar-refractivity contribution in [3.63, 3.8) is 0 Å². The Morgan fingerprint density at radius 2 is 2.14 bits per heavy atom. The second-order valence-electron chi connectivity index (χ2n) is 3.24. The van der Waals surface area contributed by atoms with Gasteiger partial charge < -0.3 is 9.47 Å². The molecule has 0 amide bonds. The van der Waals surface area contributed by atoms with Crippen LogP contribution in [0.1, 0.15) is 18.3 Å². The monoisotopic (exact) mass is 188 g/mol. The van der Waals surface area contributed by atoms with Crippen molar-refractivity contribution in [1.82, 2.24) is 0 Å². The summed E-state index contributed by atoms with van der Waals surface area (Å²) in [6, 6.07) is 9.89. The van der Waals surface area contributed by atoms with Gasteiger partial charge in [0, 0.05) is 12.0 Å². The Bertz CT molecular complexity index is 326. The fourth-order valence-corrected chi connectivity index (χ4v) is 1.47. The van der Waals surface area contributed by atoms with Gasteiger partial charge in [-0.25, -0.2) is 0 Å². The van der Waals surface area contributed by atoms with E-state index in [1.54, 1.807) is 0 Å². The van der Waals surface area contributed by atoms with Crippen LogP contribution in [0.2, 0.25) is 0 Å². The topological polar surface area (TPSA) is 18.5 Å². The van der Waals surface area contributed by atoms with Gasteiger partial charge in [-0.1, -0.05) is 30.3 Å². The van der Waals surface area contributed by atoms with Crippen LogP contribution in [0.5, 0.6) is 0 Å². The first-order chi connectivity index (χ1) is 6.90. The highest BCUT2D eigenvalue weighted by Gasteiger charge is 2.26. The van der Waals surface area contributed by atoms with E-state index in [2.05, 4.69) is 5.92 Å². The zero-order valence-electron chi connectivity index (χ0n) is 7.85. The molecule has 14 heavy (non-hydrogen) atoms. The molecule has 0 bridgehead atoms. The summed E-state index contributed by atoms with van der Waals surface area (Å²) in [5.74, 6) is 2.58. The molecule has 2 rings (SSSR count). The number of terminal acetylenes is 1. The van der Waals surface area contributed by atoms with Crippen molar-refractivity contribution in [3.05, 3.63) is 35.9 Å². The van der Waals surface area contributed by atoms with Crippen molar-refractivity contribution in [3.8, 4) is 12.3 Å². The SMILES string of the molecule is C#CC[C@@H]1COC(c2ccccc2)O1. The van der Waals surface area contributed by atoms with Gasteiger partial charge in [-0.3, -0.25) is 0 Å². The third kappa shape index (κ3) is 1.95. The summed E-state index contributed by atoms with van der Waals surface area (Å²) in [6.45, 7) is 0.587. The van der Waals surface area contributed by atoms with E-state index in [1.807, 2.05) is 30.3 Å². The summed E-state index contributed by atoms with van der Waals surface area (Å²) in [4.78, 5) is 0. The van der Waals surface area contributed by atoms with Gasteiger partial charge in [0.2, 0.25) is 0 Å². The molecule has 1 heterocycles. The van der Waals surface area contributed by atoms with Gasteiger partial charge in [0.15, 0.2) is 6.29 Å². The molecule has 1 fully saturated rings. The summed E-state index contributed by atoms with van der Waals surface area (Å²) in [5.41, 5.74) is 1.05. The summed E-state index contributed by atoms with van der Waals surface area (Å²) in [5, 5.41) is 0. The van der Waals surface area contributed by atoms with E-state index in [0.29, 0.717) is 13.0 Å². The van der Waals surface area contributed by atoms with Gasteiger partial charge in [0.25, 0.3) is 0 Å². The molecule has 1 aromatic carbocycles. The molecule has 2 nitrogen and oxygen atoms in total.